The molecule has 5 rings (SSSR count). The first-order chi connectivity index (χ1) is 14.7. The third-order valence-corrected chi connectivity index (χ3v) is 6.36. The number of carbonyl (C=O) groups excluding carboxylic acids is 2. The Morgan fingerprint density at radius 3 is 2.48 bits per heavy atom. The molecule has 7 heteroatoms. The second-order valence-electron chi connectivity index (χ2n) is 7.90. The van der Waals surface area contributed by atoms with E-state index in [1.54, 1.807) is 6.07 Å². The quantitative estimate of drug-likeness (QED) is 0.378. The molecule has 0 saturated heterocycles. The van der Waals surface area contributed by atoms with Crippen molar-refractivity contribution in [2.24, 2.45) is 5.73 Å². The maximum atomic E-state index is 12.5. The van der Waals surface area contributed by atoms with Crippen LogP contribution in [0.5, 0.6) is 5.75 Å². The SMILES string of the molecule is CC1=C(N)c2c(ccc3c2OC(C(=O)O)C(=O)C3=O)[N+]1(C)c1ccc2ccccc2c1. The first kappa shape index (κ1) is 19.0. The topological polar surface area (TPSA) is 107 Å². The van der Waals surface area contributed by atoms with Gasteiger partial charge in [-0.2, -0.15) is 0 Å². The highest BCUT2D eigenvalue weighted by atomic mass is 16.5. The number of rotatable bonds is 2. The molecule has 3 aromatic rings. The van der Waals surface area contributed by atoms with Crippen molar-refractivity contribution in [2.45, 2.75) is 13.0 Å². The van der Waals surface area contributed by atoms with Crippen molar-refractivity contribution in [1.29, 1.82) is 0 Å². The summed E-state index contributed by atoms with van der Waals surface area (Å²) in [5.41, 5.74) is 9.87. The minimum Gasteiger partial charge on any atom is -0.478 e. The lowest BCUT2D eigenvalue weighted by atomic mass is 9.95. The summed E-state index contributed by atoms with van der Waals surface area (Å²) in [5.74, 6) is -3.43. The van der Waals surface area contributed by atoms with Crippen LogP contribution in [0.4, 0.5) is 11.4 Å². The van der Waals surface area contributed by atoms with Crippen molar-refractivity contribution < 1.29 is 24.2 Å². The summed E-state index contributed by atoms with van der Waals surface area (Å²) in [4.78, 5) is 36.2. The molecule has 3 N–H and O–H groups in total. The Bertz CT molecular complexity index is 1370. The Balaban J connectivity index is 1.76. The highest BCUT2D eigenvalue weighted by Crippen LogP contribution is 2.53. The molecule has 0 amide bonds. The molecule has 154 valence electrons. The van der Waals surface area contributed by atoms with E-state index in [1.807, 2.05) is 50.4 Å². The van der Waals surface area contributed by atoms with Gasteiger partial charge < -0.3 is 15.6 Å². The number of ether oxygens (including phenoxy) is 1. The van der Waals surface area contributed by atoms with Gasteiger partial charge in [0.1, 0.15) is 28.4 Å². The van der Waals surface area contributed by atoms with E-state index in [2.05, 4.69) is 6.07 Å². The van der Waals surface area contributed by atoms with Crippen molar-refractivity contribution in [2.75, 3.05) is 7.05 Å². The molecule has 7 nitrogen and oxygen atoms in total. The van der Waals surface area contributed by atoms with Crippen LogP contribution in [-0.2, 0) is 9.59 Å². The Kier molecular flexibility index (Phi) is 3.84. The highest BCUT2D eigenvalue weighted by Gasteiger charge is 2.48. The number of allylic oxidation sites excluding steroid dienone is 1. The minimum absolute atomic E-state index is 0.0314. The monoisotopic (exact) mass is 415 g/mol. The van der Waals surface area contributed by atoms with Crippen LogP contribution in [0.25, 0.3) is 16.5 Å². The van der Waals surface area contributed by atoms with Crippen LogP contribution in [0.1, 0.15) is 22.8 Å². The highest BCUT2D eigenvalue weighted by molar-refractivity contribution is 6.49. The van der Waals surface area contributed by atoms with Gasteiger partial charge in [-0.05, 0) is 22.9 Å². The predicted molar refractivity (Wildman–Crippen MR) is 116 cm³/mol. The average Bonchev–Trinajstić information content (AvgIpc) is 2.97. The van der Waals surface area contributed by atoms with E-state index in [-0.39, 0.29) is 15.8 Å². The van der Waals surface area contributed by atoms with Crippen molar-refractivity contribution >= 4 is 45.4 Å². The fourth-order valence-electron chi connectivity index (χ4n) is 4.48. The van der Waals surface area contributed by atoms with Gasteiger partial charge in [0.05, 0.1) is 12.6 Å². The number of nitrogens with two attached hydrogens (primary N) is 1. The number of quaternary nitrogens is 1. The zero-order chi connectivity index (χ0) is 22.1. The Hall–Kier alpha value is -3.97. The molecule has 0 bridgehead atoms. The van der Waals surface area contributed by atoms with Crippen molar-refractivity contribution in [3.8, 4) is 5.75 Å². The Morgan fingerprint density at radius 1 is 1.06 bits per heavy atom. The molecule has 3 aromatic carbocycles. The van der Waals surface area contributed by atoms with E-state index in [0.29, 0.717) is 11.3 Å². The standard InChI is InChI=1S/C24H18N2O5/c1-12-19(25)18-17(10-9-16-20(27)21(28)23(24(29)30)31-22(16)18)26(12,2)15-8-7-13-5-3-4-6-14(13)11-15/h3-11,23H,25H2,1-2H3/p+1. The maximum Gasteiger partial charge on any atom is 0.353 e. The van der Waals surface area contributed by atoms with E-state index in [4.69, 9.17) is 10.5 Å². The number of hydrogen-bond acceptors (Lipinski definition) is 5. The molecule has 0 aromatic heterocycles. The lowest BCUT2D eigenvalue weighted by Crippen LogP contribution is -2.44. The Morgan fingerprint density at radius 2 is 1.77 bits per heavy atom. The molecule has 0 spiro atoms. The van der Waals surface area contributed by atoms with Gasteiger partial charge in [-0.1, -0.05) is 24.3 Å². The molecule has 2 aliphatic rings. The zero-order valence-electron chi connectivity index (χ0n) is 16.9. The molecule has 0 saturated carbocycles. The number of benzene rings is 3. The third kappa shape index (κ3) is 2.41. The van der Waals surface area contributed by atoms with Crippen molar-refractivity contribution in [3.05, 3.63) is 71.4 Å². The fraction of sp³-hybridized carbons (Fsp3) is 0.125. The number of carbonyl (C=O) groups is 3. The minimum atomic E-state index is -1.88. The van der Waals surface area contributed by atoms with Crippen molar-refractivity contribution in [1.82, 2.24) is 4.48 Å². The second kappa shape index (κ2) is 6.26. The molecule has 0 fully saturated rings. The normalized spacial score (nSPS) is 22.3. The van der Waals surface area contributed by atoms with Crippen LogP contribution in [0.2, 0.25) is 0 Å². The van der Waals surface area contributed by atoms with Gasteiger partial charge in [-0.3, -0.25) is 9.59 Å². The van der Waals surface area contributed by atoms with Gasteiger partial charge in [0.2, 0.25) is 5.78 Å². The molecule has 31 heavy (non-hydrogen) atoms. The molecule has 0 radical (unpaired) electrons. The molecule has 0 aliphatic carbocycles. The van der Waals surface area contributed by atoms with E-state index in [9.17, 15) is 19.5 Å². The summed E-state index contributed by atoms with van der Waals surface area (Å²) in [6.45, 7) is 1.89. The van der Waals surface area contributed by atoms with E-state index < -0.39 is 23.6 Å². The van der Waals surface area contributed by atoms with Gasteiger partial charge in [-0.25, -0.2) is 9.28 Å². The fourth-order valence-corrected chi connectivity index (χ4v) is 4.48. The predicted octanol–water partition coefficient (Wildman–Crippen LogP) is 3.37. The van der Waals surface area contributed by atoms with Gasteiger partial charge in [0.25, 0.3) is 11.9 Å². The number of hydrogen-bond donors (Lipinski definition) is 2. The zero-order valence-corrected chi connectivity index (χ0v) is 16.9. The number of fused-ring (bicyclic) bond motifs is 4. The van der Waals surface area contributed by atoms with Crippen LogP contribution in [0, 0.1) is 0 Å². The largest absolute Gasteiger partial charge is 0.478 e. The summed E-state index contributed by atoms with van der Waals surface area (Å²) in [6.07, 6.45) is -1.88. The molecule has 2 atom stereocenters. The van der Waals surface area contributed by atoms with Gasteiger partial charge in [0.15, 0.2) is 5.69 Å². The summed E-state index contributed by atoms with van der Waals surface area (Å²) in [7, 11) is 1.98. The number of aliphatic carboxylic acids is 1. The number of carboxylic acid groups (broad SMARTS) is 1. The average molecular weight is 415 g/mol. The lowest BCUT2D eigenvalue weighted by Gasteiger charge is -2.31. The second-order valence-corrected chi connectivity index (χ2v) is 7.90. The molecular weight excluding hydrogens is 396 g/mol. The van der Waals surface area contributed by atoms with E-state index >= 15 is 0 Å². The Labute approximate surface area is 177 Å². The van der Waals surface area contributed by atoms with E-state index in [0.717, 1.165) is 27.8 Å². The van der Waals surface area contributed by atoms with Crippen LogP contribution in [0.15, 0.2) is 60.3 Å². The maximum absolute atomic E-state index is 12.5. The first-order valence-corrected chi connectivity index (χ1v) is 9.74. The number of nitrogens with zero attached hydrogens (tertiary/aromatic N) is 1. The lowest BCUT2D eigenvalue weighted by molar-refractivity contribution is -0.149. The van der Waals surface area contributed by atoms with Crippen LogP contribution < -0.4 is 15.0 Å². The smallest absolute Gasteiger partial charge is 0.353 e. The number of Topliss-reactive ketones (excluding diaryl/α,β-unsaturated/α-hetero) is 2. The molecule has 2 aliphatic heterocycles. The van der Waals surface area contributed by atoms with Crippen molar-refractivity contribution in [3.63, 3.8) is 0 Å². The third-order valence-electron chi connectivity index (χ3n) is 6.36. The first-order valence-electron chi connectivity index (χ1n) is 9.74. The van der Waals surface area contributed by atoms with Gasteiger partial charge >= 0.3 is 5.97 Å². The van der Waals surface area contributed by atoms with Crippen LogP contribution in [0.3, 0.4) is 0 Å². The molecule has 2 heterocycles. The summed E-state index contributed by atoms with van der Waals surface area (Å²) < 4.78 is 5.78. The molecular formula is C24H19N2O5+. The summed E-state index contributed by atoms with van der Waals surface area (Å²) >= 11 is 0. The van der Waals surface area contributed by atoms with Gasteiger partial charge in [-0.15, -0.1) is 0 Å². The van der Waals surface area contributed by atoms with Crippen LogP contribution >= 0.6 is 0 Å². The number of carboxylic acids is 1. The summed E-state index contributed by atoms with van der Waals surface area (Å²) in [5, 5.41) is 11.5. The van der Waals surface area contributed by atoms with Gasteiger partial charge in [0, 0.05) is 25.1 Å². The van der Waals surface area contributed by atoms with E-state index in [1.165, 1.54) is 6.07 Å². The number of ketones is 2. The molecule has 2 unspecified atom stereocenters. The van der Waals surface area contributed by atoms with Crippen LogP contribution in [-0.4, -0.2) is 35.8 Å². The summed E-state index contributed by atoms with van der Waals surface area (Å²) in [6, 6.07) is 17.4.